The average molecular weight is 273 g/mol. The molecule has 1 N–H and O–H groups in total. The quantitative estimate of drug-likeness (QED) is 0.860. The van der Waals surface area contributed by atoms with E-state index in [0.717, 1.165) is 12.8 Å². The monoisotopic (exact) mass is 273 g/mol. The van der Waals surface area contributed by atoms with Gasteiger partial charge in [-0.05, 0) is 18.9 Å². The Bertz CT molecular complexity index is 670. The molecule has 1 aliphatic rings. The first-order valence-electron chi connectivity index (χ1n) is 6.46. The van der Waals surface area contributed by atoms with Gasteiger partial charge in [-0.1, -0.05) is 0 Å². The van der Waals surface area contributed by atoms with Crippen molar-refractivity contribution in [3.63, 3.8) is 0 Å². The molecule has 2 aromatic heterocycles. The van der Waals surface area contributed by atoms with E-state index in [4.69, 9.17) is 0 Å². The van der Waals surface area contributed by atoms with Crippen molar-refractivity contribution in [2.24, 2.45) is 7.05 Å². The van der Waals surface area contributed by atoms with Crippen LogP contribution in [-0.2, 0) is 7.05 Å². The minimum absolute atomic E-state index is 0.113. The Hall–Kier alpha value is -2.44. The van der Waals surface area contributed by atoms with Gasteiger partial charge < -0.3 is 9.88 Å². The Kier molecular flexibility index (Phi) is 3.09. The van der Waals surface area contributed by atoms with E-state index in [1.54, 1.807) is 13.2 Å². The van der Waals surface area contributed by atoms with Crippen molar-refractivity contribution in [2.75, 3.05) is 0 Å². The number of carbonyl (C=O) groups excluding carboxylic acids is 1. The first kappa shape index (κ1) is 12.6. The molecule has 0 unspecified atom stereocenters. The summed E-state index contributed by atoms with van der Waals surface area (Å²) in [6, 6.07) is 3.59. The van der Waals surface area contributed by atoms with Crippen molar-refractivity contribution in [3.8, 4) is 0 Å². The van der Waals surface area contributed by atoms with Crippen molar-refractivity contribution in [1.29, 1.82) is 0 Å². The number of aryl methyl sites for hydroxylation is 1. The van der Waals surface area contributed by atoms with Gasteiger partial charge in [-0.3, -0.25) is 14.3 Å². The fourth-order valence-corrected chi connectivity index (χ4v) is 2.26. The minimum Gasteiger partial charge on any atom is -0.348 e. The van der Waals surface area contributed by atoms with E-state index in [0.29, 0.717) is 6.04 Å². The average Bonchev–Trinajstić information content (AvgIpc) is 2.89. The third kappa shape index (κ3) is 2.34. The molecule has 1 amide bonds. The lowest BCUT2D eigenvalue weighted by Crippen LogP contribution is -2.45. The molecule has 1 fully saturated rings. The van der Waals surface area contributed by atoms with E-state index in [2.05, 4.69) is 15.4 Å². The molecule has 0 spiro atoms. The van der Waals surface area contributed by atoms with E-state index >= 15 is 0 Å². The molecule has 7 heteroatoms. The maximum atomic E-state index is 12.0. The largest absolute Gasteiger partial charge is 0.348 e. The number of aromatic nitrogens is 4. The van der Waals surface area contributed by atoms with Crippen molar-refractivity contribution >= 4 is 5.91 Å². The van der Waals surface area contributed by atoms with Gasteiger partial charge in [0, 0.05) is 31.5 Å². The normalized spacial score (nSPS) is 21.2. The highest BCUT2D eigenvalue weighted by Gasteiger charge is 2.32. The van der Waals surface area contributed by atoms with Gasteiger partial charge in [0.2, 0.25) is 0 Å². The van der Waals surface area contributed by atoms with Gasteiger partial charge in [0.05, 0.1) is 12.4 Å². The van der Waals surface area contributed by atoms with Crippen LogP contribution in [0.4, 0.5) is 0 Å². The van der Waals surface area contributed by atoms with Crippen molar-refractivity contribution in [3.05, 3.63) is 46.9 Å². The highest BCUT2D eigenvalue weighted by atomic mass is 16.2. The molecule has 2 heterocycles. The standard InChI is InChI=1S/C13H15N5O2/c1-17-8-14-11(7-12(17)19)13(20)16-9-5-10(6-9)18-4-2-3-15-18/h2-4,7-10H,5-6H2,1H3,(H,16,20). The highest BCUT2D eigenvalue weighted by molar-refractivity contribution is 5.92. The third-order valence-electron chi connectivity index (χ3n) is 3.56. The van der Waals surface area contributed by atoms with Crippen LogP contribution >= 0.6 is 0 Å². The van der Waals surface area contributed by atoms with Crippen molar-refractivity contribution in [2.45, 2.75) is 24.9 Å². The maximum absolute atomic E-state index is 12.0. The van der Waals surface area contributed by atoms with Crippen LogP contribution < -0.4 is 10.9 Å². The number of hydrogen-bond acceptors (Lipinski definition) is 4. The van der Waals surface area contributed by atoms with E-state index in [1.807, 2.05) is 16.9 Å². The third-order valence-corrected chi connectivity index (χ3v) is 3.56. The van der Waals surface area contributed by atoms with Gasteiger partial charge in [-0.2, -0.15) is 5.10 Å². The minimum atomic E-state index is -0.299. The summed E-state index contributed by atoms with van der Waals surface area (Å²) in [6.45, 7) is 0. The van der Waals surface area contributed by atoms with Gasteiger partial charge in [-0.25, -0.2) is 4.98 Å². The zero-order chi connectivity index (χ0) is 14.1. The molecule has 2 aromatic rings. The lowest BCUT2D eigenvalue weighted by Gasteiger charge is -2.35. The first-order valence-corrected chi connectivity index (χ1v) is 6.46. The van der Waals surface area contributed by atoms with E-state index in [1.165, 1.54) is 17.0 Å². The number of nitrogens with one attached hydrogen (secondary N) is 1. The van der Waals surface area contributed by atoms with Crippen LogP contribution in [0.5, 0.6) is 0 Å². The zero-order valence-electron chi connectivity index (χ0n) is 11.1. The summed E-state index contributed by atoms with van der Waals surface area (Å²) in [6.07, 6.45) is 6.71. The van der Waals surface area contributed by atoms with E-state index in [-0.39, 0.29) is 23.2 Å². The fourth-order valence-electron chi connectivity index (χ4n) is 2.26. The van der Waals surface area contributed by atoms with Gasteiger partial charge >= 0.3 is 0 Å². The molecule has 7 nitrogen and oxygen atoms in total. The van der Waals surface area contributed by atoms with Crippen LogP contribution in [-0.4, -0.2) is 31.3 Å². The van der Waals surface area contributed by atoms with Crippen molar-refractivity contribution < 1.29 is 4.79 Å². The molecule has 0 aliphatic heterocycles. The zero-order valence-corrected chi connectivity index (χ0v) is 11.1. The first-order chi connectivity index (χ1) is 9.63. The topological polar surface area (TPSA) is 81.8 Å². The highest BCUT2D eigenvalue weighted by Crippen LogP contribution is 2.31. The molecular weight excluding hydrogens is 258 g/mol. The number of carbonyl (C=O) groups is 1. The predicted octanol–water partition coefficient (Wildman–Crippen LogP) is 0.110. The molecule has 1 saturated carbocycles. The molecule has 0 radical (unpaired) electrons. The van der Waals surface area contributed by atoms with Gasteiger partial charge in [0.1, 0.15) is 5.69 Å². The second kappa shape index (κ2) is 4.92. The smallest absolute Gasteiger partial charge is 0.270 e. The summed E-state index contributed by atoms with van der Waals surface area (Å²) in [5.41, 5.74) is -0.0798. The lowest BCUT2D eigenvalue weighted by atomic mass is 9.87. The summed E-state index contributed by atoms with van der Waals surface area (Å²) < 4.78 is 3.23. The molecule has 3 rings (SSSR count). The predicted molar refractivity (Wildman–Crippen MR) is 71.2 cm³/mol. The van der Waals surface area contributed by atoms with Gasteiger partial charge in [-0.15, -0.1) is 0 Å². The van der Waals surface area contributed by atoms with Crippen LogP contribution in [0, 0.1) is 0 Å². The fraction of sp³-hybridized carbons (Fsp3) is 0.385. The Morgan fingerprint density at radius 1 is 1.45 bits per heavy atom. The van der Waals surface area contributed by atoms with Crippen LogP contribution in [0.1, 0.15) is 29.4 Å². The van der Waals surface area contributed by atoms with Gasteiger partial charge in [0.25, 0.3) is 11.5 Å². The number of amides is 1. The number of hydrogen-bond donors (Lipinski definition) is 1. The second-order valence-electron chi connectivity index (χ2n) is 5.00. The van der Waals surface area contributed by atoms with E-state index < -0.39 is 0 Å². The van der Waals surface area contributed by atoms with Gasteiger partial charge in [0.15, 0.2) is 0 Å². The summed E-state index contributed by atoms with van der Waals surface area (Å²) in [4.78, 5) is 27.4. The summed E-state index contributed by atoms with van der Waals surface area (Å²) in [5, 5.41) is 7.06. The van der Waals surface area contributed by atoms with E-state index in [9.17, 15) is 9.59 Å². The Morgan fingerprint density at radius 2 is 2.25 bits per heavy atom. The maximum Gasteiger partial charge on any atom is 0.270 e. The molecule has 0 aromatic carbocycles. The Morgan fingerprint density at radius 3 is 2.90 bits per heavy atom. The summed E-state index contributed by atoms with van der Waals surface area (Å²) >= 11 is 0. The van der Waals surface area contributed by atoms with Crippen LogP contribution in [0.15, 0.2) is 35.6 Å². The second-order valence-corrected chi connectivity index (χ2v) is 5.00. The molecule has 104 valence electrons. The van der Waals surface area contributed by atoms with Crippen LogP contribution in [0.2, 0.25) is 0 Å². The molecule has 0 bridgehead atoms. The van der Waals surface area contributed by atoms with Crippen LogP contribution in [0.3, 0.4) is 0 Å². The Balaban J connectivity index is 1.58. The molecule has 0 atom stereocenters. The SMILES string of the molecule is Cn1cnc(C(=O)NC2CC(n3cccn3)C2)cc1=O. The molecule has 1 aliphatic carbocycles. The lowest BCUT2D eigenvalue weighted by molar-refractivity contribution is 0.0883. The molecule has 20 heavy (non-hydrogen) atoms. The molecular formula is C13H15N5O2. The summed E-state index contributed by atoms with van der Waals surface area (Å²) in [5.74, 6) is -0.299. The molecule has 0 saturated heterocycles. The Labute approximate surface area is 115 Å². The number of nitrogens with zero attached hydrogens (tertiary/aromatic N) is 4. The number of rotatable bonds is 3. The summed E-state index contributed by atoms with van der Waals surface area (Å²) in [7, 11) is 1.59. The van der Waals surface area contributed by atoms with Crippen molar-refractivity contribution in [1.82, 2.24) is 24.6 Å². The van der Waals surface area contributed by atoms with Crippen LogP contribution in [0.25, 0.3) is 0 Å².